The monoisotopic (exact) mass is 432 g/mol. The number of hydrogen-bond donors (Lipinski definition) is 1. The van der Waals surface area contributed by atoms with Crippen LogP contribution in [0.2, 0.25) is 0 Å². The highest BCUT2D eigenvalue weighted by atomic mass is 32.2. The van der Waals surface area contributed by atoms with E-state index in [1.54, 1.807) is 36.4 Å². The van der Waals surface area contributed by atoms with Gasteiger partial charge in [0.25, 0.3) is 5.91 Å². The standard InChI is InChI=1S/C22H19F3N2O2S/c23-22(24,25)17-8-2-4-10-19(17)30-20-12-16(15-7-1-3-9-18(15)27-20)21(28)26-13-14-6-5-11-29-14/h1-4,7-10,12,14H,5-6,11,13H2,(H,26,28)/t14-/m1/s1. The summed E-state index contributed by atoms with van der Waals surface area (Å²) in [5, 5.41) is 3.85. The van der Waals surface area contributed by atoms with Gasteiger partial charge < -0.3 is 10.1 Å². The van der Waals surface area contributed by atoms with Crippen LogP contribution in [-0.4, -0.2) is 30.1 Å². The summed E-state index contributed by atoms with van der Waals surface area (Å²) in [5.41, 5.74) is 0.203. The SMILES string of the molecule is O=C(NC[C@H]1CCCO1)c1cc(Sc2ccccc2C(F)(F)F)nc2ccccc12. The van der Waals surface area contributed by atoms with Gasteiger partial charge in [0.15, 0.2) is 0 Å². The van der Waals surface area contributed by atoms with E-state index in [-0.39, 0.29) is 16.9 Å². The van der Waals surface area contributed by atoms with Gasteiger partial charge in [-0.3, -0.25) is 4.79 Å². The molecular weight excluding hydrogens is 413 g/mol. The van der Waals surface area contributed by atoms with E-state index in [1.807, 2.05) is 0 Å². The van der Waals surface area contributed by atoms with Crippen molar-refractivity contribution in [1.29, 1.82) is 0 Å². The van der Waals surface area contributed by atoms with Crippen molar-refractivity contribution in [2.24, 2.45) is 0 Å². The van der Waals surface area contributed by atoms with E-state index in [1.165, 1.54) is 12.1 Å². The molecule has 0 spiro atoms. The zero-order valence-electron chi connectivity index (χ0n) is 15.9. The van der Waals surface area contributed by atoms with Crippen molar-refractivity contribution >= 4 is 28.6 Å². The second-order valence-corrected chi connectivity index (χ2v) is 8.03. The van der Waals surface area contributed by atoms with Crippen LogP contribution < -0.4 is 5.32 Å². The van der Waals surface area contributed by atoms with Crippen molar-refractivity contribution in [1.82, 2.24) is 10.3 Å². The molecule has 1 aromatic heterocycles. The normalized spacial score (nSPS) is 16.7. The van der Waals surface area contributed by atoms with Crippen LogP contribution in [0.25, 0.3) is 10.9 Å². The number of alkyl halides is 3. The van der Waals surface area contributed by atoms with Gasteiger partial charge in [0.2, 0.25) is 0 Å². The second-order valence-electron chi connectivity index (χ2n) is 6.97. The average molecular weight is 432 g/mol. The van der Waals surface area contributed by atoms with Crippen molar-refractivity contribution in [2.45, 2.75) is 35.0 Å². The van der Waals surface area contributed by atoms with Gasteiger partial charge in [-0.1, -0.05) is 42.1 Å². The molecule has 156 valence electrons. The first-order valence-electron chi connectivity index (χ1n) is 9.55. The minimum absolute atomic E-state index is 0.00504. The molecule has 1 atom stereocenters. The van der Waals surface area contributed by atoms with Gasteiger partial charge in [0, 0.05) is 23.4 Å². The summed E-state index contributed by atoms with van der Waals surface area (Å²) in [6.07, 6.45) is -2.61. The Bertz CT molecular complexity index is 1070. The van der Waals surface area contributed by atoms with Gasteiger partial charge in [-0.05, 0) is 37.1 Å². The molecule has 0 saturated carbocycles. The molecule has 8 heteroatoms. The summed E-state index contributed by atoms with van der Waals surface area (Å²) < 4.78 is 45.6. The van der Waals surface area contributed by atoms with E-state index >= 15 is 0 Å². The van der Waals surface area contributed by atoms with Gasteiger partial charge in [-0.15, -0.1) is 0 Å². The molecule has 1 amide bonds. The van der Waals surface area contributed by atoms with Gasteiger partial charge in [-0.25, -0.2) is 4.98 Å². The first kappa shape index (κ1) is 20.7. The fraction of sp³-hybridized carbons (Fsp3) is 0.273. The predicted molar refractivity (Wildman–Crippen MR) is 109 cm³/mol. The van der Waals surface area contributed by atoms with E-state index < -0.39 is 11.7 Å². The number of benzene rings is 2. The lowest BCUT2D eigenvalue weighted by Crippen LogP contribution is -2.31. The maximum absolute atomic E-state index is 13.4. The van der Waals surface area contributed by atoms with Crippen LogP contribution in [0, 0.1) is 0 Å². The molecule has 0 bridgehead atoms. The predicted octanol–water partition coefficient (Wildman–Crippen LogP) is 5.31. The number of nitrogens with one attached hydrogen (secondary N) is 1. The Morgan fingerprint density at radius 1 is 1.17 bits per heavy atom. The van der Waals surface area contributed by atoms with Crippen LogP contribution in [0.1, 0.15) is 28.8 Å². The molecule has 1 aliphatic rings. The number of nitrogens with zero attached hydrogens (tertiary/aromatic N) is 1. The highest BCUT2D eigenvalue weighted by Gasteiger charge is 2.33. The fourth-order valence-electron chi connectivity index (χ4n) is 3.40. The Hall–Kier alpha value is -2.58. The number of para-hydroxylation sites is 1. The van der Waals surface area contributed by atoms with Crippen molar-refractivity contribution in [3.63, 3.8) is 0 Å². The summed E-state index contributed by atoms with van der Waals surface area (Å²) in [5.74, 6) is -0.296. The maximum atomic E-state index is 13.4. The van der Waals surface area contributed by atoms with E-state index in [2.05, 4.69) is 10.3 Å². The molecule has 3 aromatic rings. The number of rotatable bonds is 5. The smallest absolute Gasteiger partial charge is 0.376 e. The molecule has 30 heavy (non-hydrogen) atoms. The van der Waals surface area contributed by atoms with Crippen LogP contribution in [0.4, 0.5) is 13.2 Å². The Morgan fingerprint density at radius 2 is 1.93 bits per heavy atom. The first-order chi connectivity index (χ1) is 14.4. The summed E-state index contributed by atoms with van der Waals surface area (Å²) in [4.78, 5) is 17.4. The summed E-state index contributed by atoms with van der Waals surface area (Å²) in [6, 6.07) is 14.0. The third-order valence-electron chi connectivity index (χ3n) is 4.86. The summed E-state index contributed by atoms with van der Waals surface area (Å²) in [7, 11) is 0. The highest BCUT2D eigenvalue weighted by Crippen LogP contribution is 2.39. The third kappa shape index (κ3) is 4.60. The quantitative estimate of drug-likeness (QED) is 0.593. The van der Waals surface area contributed by atoms with Crippen LogP contribution in [0.15, 0.2) is 64.5 Å². The number of hydrogen-bond acceptors (Lipinski definition) is 4. The van der Waals surface area contributed by atoms with E-state index in [0.29, 0.717) is 34.6 Å². The van der Waals surface area contributed by atoms with Crippen molar-refractivity contribution < 1.29 is 22.7 Å². The van der Waals surface area contributed by atoms with Crippen molar-refractivity contribution in [3.05, 3.63) is 65.7 Å². The first-order valence-corrected chi connectivity index (χ1v) is 10.4. The molecule has 2 aromatic carbocycles. The topological polar surface area (TPSA) is 51.2 Å². The Labute approximate surface area is 175 Å². The number of carbonyl (C=O) groups excluding carboxylic acids is 1. The van der Waals surface area contributed by atoms with E-state index in [0.717, 1.165) is 30.7 Å². The minimum atomic E-state index is -4.47. The maximum Gasteiger partial charge on any atom is 0.417 e. The van der Waals surface area contributed by atoms with Gasteiger partial charge >= 0.3 is 6.18 Å². The van der Waals surface area contributed by atoms with Crippen LogP contribution in [-0.2, 0) is 10.9 Å². The Morgan fingerprint density at radius 3 is 2.70 bits per heavy atom. The number of ether oxygens (including phenoxy) is 1. The van der Waals surface area contributed by atoms with Crippen molar-refractivity contribution in [2.75, 3.05) is 13.2 Å². The number of carbonyl (C=O) groups is 1. The van der Waals surface area contributed by atoms with Crippen molar-refractivity contribution in [3.8, 4) is 0 Å². The fourth-order valence-corrected chi connectivity index (χ4v) is 4.39. The van der Waals surface area contributed by atoms with E-state index in [4.69, 9.17) is 4.74 Å². The number of halogens is 3. The molecule has 0 radical (unpaired) electrons. The average Bonchev–Trinajstić information content (AvgIpc) is 3.25. The lowest BCUT2D eigenvalue weighted by atomic mass is 10.1. The van der Waals surface area contributed by atoms with Crippen LogP contribution in [0.5, 0.6) is 0 Å². The molecule has 0 unspecified atom stereocenters. The number of aromatic nitrogens is 1. The molecule has 0 aliphatic carbocycles. The molecule has 2 heterocycles. The van der Waals surface area contributed by atoms with Gasteiger partial charge in [0.1, 0.15) is 5.03 Å². The Balaban J connectivity index is 1.66. The molecule has 4 nitrogen and oxygen atoms in total. The lowest BCUT2D eigenvalue weighted by molar-refractivity contribution is -0.139. The largest absolute Gasteiger partial charge is 0.417 e. The van der Waals surface area contributed by atoms with E-state index in [9.17, 15) is 18.0 Å². The molecule has 1 saturated heterocycles. The molecule has 1 fully saturated rings. The molecule has 1 N–H and O–H groups in total. The lowest BCUT2D eigenvalue weighted by Gasteiger charge is -2.14. The minimum Gasteiger partial charge on any atom is -0.376 e. The number of pyridine rings is 1. The molecule has 4 rings (SSSR count). The summed E-state index contributed by atoms with van der Waals surface area (Å²) >= 11 is 0.895. The van der Waals surface area contributed by atoms with Gasteiger partial charge in [-0.2, -0.15) is 13.2 Å². The van der Waals surface area contributed by atoms with Gasteiger partial charge in [0.05, 0.1) is 22.7 Å². The second kappa shape index (κ2) is 8.65. The summed E-state index contributed by atoms with van der Waals surface area (Å²) in [6.45, 7) is 1.09. The zero-order valence-corrected chi connectivity index (χ0v) is 16.7. The zero-order chi connectivity index (χ0) is 21.1. The third-order valence-corrected chi connectivity index (χ3v) is 5.85. The van der Waals surface area contributed by atoms with Crippen LogP contribution in [0.3, 0.4) is 0 Å². The molecular formula is C22H19F3N2O2S. The molecule has 1 aliphatic heterocycles. The highest BCUT2D eigenvalue weighted by molar-refractivity contribution is 7.99. The number of fused-ring (bicyclic) bond motifs is 1. The van der Waals surface area contributed by atoms with Crippen LogP contribution >= 0.6 is 11.8 Å². The number of amides is 1. The Kier molecular flexibility index (Phi) is 5.97.